The minimum Gasteiger partial charge on any atom is -0.383 e. The highest BCUT2D eigenvalue weighted by Gasteiger charge is 2.33. The van der Waals surface area contributed by atoms with E-state index in [0.29, 0.717) is 6.04 Å². The fraction of sp³-hybridized carbons (Fsp3) is 1.00. The Kier molecular flexibility index (Phi) is 5.67. The molecule has 0 aromatic carbocycles. The molecule has 2 saturated carbocycles. The second-order valence-electron chi connectivity index (χ2n) is 6.78. The number of rotatable bonds is 8. The molecule has 0 aliphatic heterocycles. The van der Waals surface area contributed by atoms with E-state index in [2.05, 4.69) is 11.8 Å². The molecule has 2 aliphatic carbocycles. The Hall–Kier alpha value is -0.120. The molecule has 2 aliphatic rings. The molecule has 0 aromatic rings. The molecule has 0 aromatic heterocycles. The van der Waals surface area contributed by atoms with Gasteiger partial charge in [0, 0.05) is 31.8 Å². The lowest BCUT2D eigenvalue weighted by Crippen LogP contribution is -2.47. The van der Waals surface area contributed by atoms with E-state index in [1.54, 1.807) is 7.11 Å². The molecule has 0 amide bonds. The summed E-state index contributed by atoms with van der Waals surface area (Å²) in [6, 6.07) is 0.711. The molecule has 3 nitrogen and oxygen atoms in total. The Balaban J connectivity index is 1.80. The summed E-state index contributed by atoms with van der Waals surface area (Å²) in [6.45, 7) is 5.44. The van der Waals surface area contributed by atoms with Gasteiger partial charge in [-0.1, -0.05) is 19.3 Å². The van der Waals surface area contributed by atoms with Crippen LogP contribution in [0.4, 0.5) is 0 Å². The third kappa shape index (κ3) is 4.73. The Morgan fingerprint density at radius 1 is 1.21 bits per heavy atom. The Bertz CT molecular complexity index is 259. The van der Waals surface area contributed by atoms with Crippen molar-refractivity contribution in [3.8, 4) is 0 Å². The van der Waals surface area contributed by atoms with Crippen molar-refractivity contribution in [2.45, 2.75) is 69.9 Å². The van der Waals surface area contributed by atoms with Crippen molar-refractivity contribution in [2.75, 3.05) is 26.8 Å². The lowest BCUT2D eigenvalue weighted by Gasteiger charge is -2.37. The van der Waals surface area contributed by atoms with Crippen molar-refractivity contribution in [2.24, 2.45) is 11.7 Å². The van der Waals surface area contributed by atoms with E-state index in [9.17, 15) is 0 Å². The van der Waals surface area contributed by atoms with Gasteiger partial charge in [-0.25, -0.2) is 0 Å². The number of hydrogen-bond acceptors (Lipinski definition) is 3. The van der Waals surface area contributed by atoms with E-state index in [1.165, 1.54) is 44.9 Å². The lowest BCUT2D eigenvalue weighted by atomic mass is 9.80. The van der Waals surface area contributed by atoms with Crippen LogP contribution in [0.3, 0.4) is 0 Å². The zero-order valence-electron chi connectivity index (χ0n) is 12.9. The summed E-state index contributed by atoms with van der Waals surface area (Å²) in [6.07, 6.45) is 10.5. The van der Waals surface area contributed by atoms with Gasteiger partial charge in [0.15, 0.2) is 0 Å². The van der Waals surface area contributed by atoms with Crippen LogP contribution in [0.1, 0.15) is 58.3 Å². The Morgan fingerprint density at radius 2 is 1.89 bits per heavy atom. The van der Waals surface area contributed by atoms with Crippen LogP contribution in [0.15, 0.2) is 0 Å². The van der Waals surface area contributed by atoms with E-state index >= 15 is 0 Å². The summed E-state index contributed by atoms with van der Waals surface area (Å²) in [5, 5.41) is 0. The van der Waals surface area contributed by atoms with E-state index in [4.69, 9.17) is 10.5 Å². The van der Waals surface area contributed by atoms with E-state index < -0.39 is 0 Å². The van der Waals surface area contributed by atoms with Gasteiger partial charge in [-0.3, -0.25) is 4.90 Å². The molecule has 0 spiro atoms. The first-order valence-electron chi connectivity index (χ1n) is 8.16. The maximum atomic E-state index is 6.57. The van der Waals surface area contributed by atoms with Gasteiger partial charge in [-0.15, -0.1) is 0 Å². The highest BCUT2D eigenvalue weighted by molar-refractivity contribution is 4.90. The number of methoxy groups -OCH3 is 1. The average molecular weight is 268 g/mol. The molecule has 0 saturated heterocycles. The van der Waals surface area contributed by atoms with Gasteiger partial charge >= 0.3 is 0 Å². The van der Waals surface area contributed by atoms with Crippen molar-refractivity contribution in [3.63, 3.8) is 0 Å². The molecule has 2 rings (SSSR count). The predicted molar refractivity (Wildman–Crippen MR) is 80.3 cm³/mol. The van der Waals surface area contributed by atoms with Crippen molar-refractivity contribution < 1.29 is 4.74 Å². The first-order chi connectivity index (χ1) is 9.14. The highest BCUT2D eigenvalue weighted by Crippen LogP contribution is 2.36. The summed E-state index contributed by atoms with van der Waals surface area (Å²) in [5.41, 5.74) is 6.69. The summed E-state index contributed by atoms with van der Waals surface area (Å²) in [7, 11) is 1.80. The molecule has 2 fully saturated rings. The van der Waals surface area contributed by atoms with E-state index in [-0.39, 0.29) is 5.54 Å². The van der Waals surface area contributed by atoms with E-state index in [0.717, 1.165) is 32.0 Å². The van der Waals surface area contributed by atoms with Gasteiger partial charge in [0.2, 0.25) is 0 Å². The fourth-order valence-corrected chi connectivity index (χ4v) is 3.48. The van der Waals surface area contributed by atoms with Crippen LogP contribution in [0.5, 0.6) is 0 Å². The third-order valence-corrected chi connectivity index (χ3v) is 5.21. The van der Waals surface area contributed by atoms with Crippen molar-refractivity contribution >= 4 is 0 Å². The first kappa shape index (κ1) is 15.3. The van der Waals surface area contributed by atoms with Gasteiger partial charge in [-0.2, -0.15) is 0 Å². The molecule has 112 valence electrons. The number of hydrogen-bond donors (Lipinski definition) is 1. The summed E-state index contributed by atoms with van der Waals surface area (Å²) < 4.78 is 5.27. The van der Waals surface area contributed by atoms with Crippen LogP contribution in [0.25, 0.3) is 0 Å². The maximum Gasteiger partial charge on any atom is 0.0589 e. The maximum absolute atomic E-state index is 6.57. The monoisotopic (exact) mass is 268 g/mol. The van der Waals surface area contributed by atoms with Crippen molar-refractivity contribution in [1.29, 1.82) is 0 Å². The zero-order valence-corrected chi connectivity index (χ0v) is 12.9. The number of ether oxygens (including phenoxy) is 1. The second-order valence-corrected chi connectivity index (χ2v) is 6.78. The largest absolute Gasteiger partial charge is 0.383 e. The molecule has 0 radical (unpaired) electrons. The summed E-state index contributed by atoms with van der Waals surface area (Å²) in [4.78, 5) is 2.62. The van der Waals surface area contributed by atoms with Crippen molar-refractivity contribution in [1.82, 2.24) is 4.90 Å². The van der Waals surface area contributed by atoms with Gasteiger partial charge in [0.05, 0.1) is 6.61 Å². The van der Waals surface area contributed by atoms with Crippen LogP contribution in [-0.2, 0) is 4.74 Å². The standard InChI is InChI=1S/C16H32N2O/c1-14(15-6-7-15)18(12-13-19-2)11-10-16(17)8-4-3-5-9-16/h14-15H,3-13,17H2,1-2H3. The quantitative estimate of drug-likeness (QED) is 0.735. The minimum atomic E-state index is 0.118. The summed E-state index contributed by atoms with van der Waals surface area (Å²) in [5.74, 6) is 0.928. The number of nitrogens with zero attached hydrogens (tertiary/aromatic N) is 1. The molecule has 0 bridgehead atoms. The molecular formula is C16H32N2O. The zero-order chi connectivity index (χ0) is 13.7. The smallest absolute Gasteiger partial charge is 0.0589 e. The van der Waals surface area contributed by atoms with Crippen LogP contribution in [0, 0.1) is 5.92 Å². The van der Waals surface area contributed by atoms with Crippen LogP contribution in [0.2, 0.25) is 0 Å². The fourth-order valence-electron chi connectivity index (χ4n) is 3.48. The second kappa shape index (κ2) is 7.05. The molecule has 0 heterocycles. The van der Waals surface area contributed by atoms with Gasteiger partial charge in [0.25, 0.3) is 0 Å². The highest BCUT2D eigenvalue weighted by atomic mass is 16.5. The Labute approximate surface area is 118 Å². The molecular weight excluding hydrogens is 236 g/mol. The van der Waals surface area contributed by atoms with Gasteiger partial charge in [0.1, 0.15) is 0 Å². The normalized spacial score (nSPS) is 24.6. The van der Waals surface area contributed by atoms with E-state index in [1.807, 2.05) is 0 Å². The third-order valence-electron chi connectivity index (χ3n) is 5.21. The SMILES string of the molecule is COCCN(CCC1(N)CCCCC1)C(C)C1CC1. The minimum absolute atomic E-state index is 0.118. The molecule has 1 atom stereocenters. The molecule has 3 heteroatoms. The molecule has 19 heavy (non-hydrogen) atoms. The topological polar surface area (TPSA) is 38.5 Å². The average Bonchev–Trinajstić information content (AvgIpc) is 3.23. The first-order valence-corrected chi connectivity index (χ1v) is 8.16. The van der Waals surface area contributed by atoms with Crippen LogP contribution in [-0.4, -0.2) is 43.3 Å². The van der Waals surface area contributed by atoms with Crippen LogP contribution < -0.4 is 5.73 Å². The molecule has 2 N–H and O–H groups in total. The van der Waals surface area contributed by atoms with Crippen LogP contribution >= 0.6 is 0 Å². The molecule has 1 unspecified atom stereocenters. The van der Waals surface area contributed by atoms with Crippen molar-refractivity contribution in [3.05, 3.63) is 0 Å². The number of nitrogens with two attached hydrogens (primary N) is 1. The summed E-state index contributed by atoms with van der Waals surface area (Å²) >= 11 is 0. The van der Waals surface area contributed by atoms with Gasteiger partial charge in [-0.05, 0) is 44.9 Å². The lowest BCUT2D eigenvalue weighted by molar-refractivity contribution is 0.105. The predicted octanol–water partition coefficient (Wildman–Crippen LogP) is 2.79. The van der Waals surface area contributed by atoms with Gasteiger partial charge < -0.3 is 10.5 Å². The Morgan fingerprint density at radius 3 is 2.47 bits per heavy atom.